The van der Waals surface area contributed by atoms with Crippen LogP contribution in [0.3, 0.4) is 0 Å². The highest BCUT2D eigenvalue weighted by atomic mass is 16.4. The highest BCUT2D eigenvalue weighted by Crippen LogP contribution is 2.31. The molecule has 1 aromatic rings. The quantitative estimate of drug-likeness (QED) is 0.680. The van der Waals surface area contributed by atoms with Gasteiger partial charge in [-0.2, -0.15) is 0 Å². The summed E-state index contributed by atoms with van der Waals surface area (Å²) in [7, 11) is 0. The molecule has 0 saturated heterocycles. The second-order valence-corrected chi connectivity index (χ2v) is 3.32. The van der Waals surface area contributed by atoms with E-state index in [0.717, 1.165) is 24.0 Å². The molecule has 0 radical (unpaired) electrons. The molecule has 0 fully saturated rings. The number of hydrogen-bond acceptors (Lipinski definition) is 2. The Bertz CT molecular complexity index is 360. The van der Waals surface area contributed by atoms with Gasteiger partial charge in [-0.3, -0.25) is 0 Å². The summed E-state index contributed by atoms with van der Waals surface area (Å²) >= 11 is 0. The molecule has 1 aliphatic rings. The fourth-order valence-electron chi connectivity index (χ4n) is 1.89. The summed E-state index contributed by atoms with van der Waals surface area (Å²) < 4.78 is 0. The average molecular weight is 177 g/mol. The van der Waals surface area contributed by atoms with E-state index in [1.807, 2.05) is 6.07 Å². The largest absolute Gasteiger partial charge is 0.478 e. The molecule has 1 aromatic carbocycles. The molecular formula is C10H11NO2. The van der Waals surface area contributed by atoms with E-state index in [4.69, 9.17) is 10.8 Å². The van der Waals surface area contributed by atoms with Crippen LogP contribution < -0.4 is 5.73 Å². The van der Waals surface area contributed by atoms with E-state index < -0.39 is 5.97 Å². The summed E-state index contributed by atoms with van der Waals surface area (Å²) in [5.74, 6) is -0.856. The highest BCUT2D eigenvalue weighted by molar-refractivity contribution is 5.90. The lowest BCUT2D eigenvalue weighted by atomic mass is 10.0. The molecule has 0 aromatic heterocycles. The number of nitrogens with two attached hydrogens (primary N) is 1. The van der Waals surface area contributed by atoms with Crippen molar-refractivity contribution in [2.75, 3.05) is 0 Å². The summed E-state index contributed by atoms with van der Waals surface area (Å²) in [4.78, 5) is 10.8. The molecule has 2 rings (SSSR count). The standard InChI is InChI=1S/C10H11NO2/c11-9-5-4-6-7(9)2-1-3-8(6)10(12)13/h1-3,9H,4-5,11H2,(H,12,13)/t9-/m1/s1. The highest BCUT2D eigenvalue weighted by Gasteiger charge is 2.23. The molecular weight excluding hydrogens is 166 g/mol. The number of hydrogen-bond donors (Lipinski definition) is 2. The smallest absolute Gasteiger partial charge is 0.335 e. The Kier molecular flexibility index (Phi) is 1.81. The molecule has 3 heteroatoms. The number of rotatable bonds is 1. The molecule has 68 valence electrons. The summed E-state index contributed by atoms with van der Waals surface area (Å²) in [6.07, 6.45) is 1.65. The van der Waals surface area contributed by atoms with Gasteiger partial charge >= 0.3 is 5.97 Å². The van der Waals surface area contributed by atoms with Gasteiger partial charge in [-0.15, -0.1) is 0 Å². The van der Waals surface area contributed by atoms with Crippen LogP contribution in [0.25, 0.3) is 0 Å². The van der Waals surface area contributed by atoms with Crippen molar-refractivity contribution < 1.29 is 9.90 Å². The fraction of sp³-hybridized carbons (Fsp3) is 0.300. The molecule has 13 heavy (non-hydrogen) atoms. The Labute approximate surface area is 76.2 Å². The lowest BCUT2D eigenvalue weighted by molar-refractivity contribution is 0.0696. The molecule has 3 nitrogen and oxygen atoms in total. The number of benzene rings is 1. The van der Waals surface area contributed by atoms with Crippen LogP contribution in [-0.2, 0) is 6.42 Å². The minimum Gasteiger partial charge on any atom is -0.478 e. The van der Waals surface area contributed by atoms with Crippen LogP contribution in [-0.4, -0.2) is 11.1 Å². The average Bonchev–Trinajstić information content (AvgIpc) is 2.48. The SMILES string of the molecule is N[C@@H]1CCc2c(C(=O)O)cccc21. The summed E-state index contributed by atoms with van der Waals surface area (Å²) in [6.45, 7) is 0. The zero-order valence-electron chi connectivity index (χ0n) is 7.16. The second kappa shape index (κ2) is 2.85. The van der Waals surface area contributed by atoms with Crippen LogP contribution >= 0.6 is 0 Å². The van der Waals surface area contributed by atoms with E-state index in [1.165, 1.54) is 0 Å². The van der Waals surface area contributed by atoms with Gasteiger partial charge in [0.2, 0.25) is 0 Å². The maximum atomic E-state index is 10.8. The van der Waals surface area contributed by atoms with E-state index >= 15 is 0 Å². The van der Waals surface area contributed by atoms with Crippen LogP contribution in [0.4, 0.5) is 0 Å². The van der Waals surface area contributed by atoms with Crippen molar-refractivity contribution in [3.63, 3.8) is 0 Å². The van der Waals surface area contributed by atoms with Crippen molar-refractivity contribution >= 4 is 5.97 Å². The molecule has 1 atom stereocenters. The topological polar surface area (TPSA) is 63.3 Å². The summed E-state index contributed by atoms with van der Waals surface area (Å²) in [5.41, 5.74) is 8.15. The zero-order valence-corrected chi connectivity index (χ0v) is 7.16. The predicted octanol–water partition coefficient (Wildman–Crippen LogP) is 1.33. The molecule has 0 bridgehead atoms. The molecule has 0 unspecified atom stereocenters. The Morgan fingerprint density at radius 1 is 1.54 bits per heavy atom. The normalized spacial score (nSPS) is 19.9. The van der Waals surface area contributed by atoms with Crippen molar-refractivity contribution in [1.82, 2.24) is 0 Å². The van der Waals surface area contributed by atoms with E-state index in [0.29, 0.717) is 5.56 Å². The second-order valence-electron chi connectivity index (χ2n) is 3.32. The first-order valence-corrected chi connectivity index (χ1v) is 4.31. The van der Waals surface area contributed by atoms with E-state index in [1.54, 1.807) is 12.1 Å². The van der Waals surface area contributed by atoms with Gasteiger partial charge in [-0.25, -0.2) is 4.79 Å². The maximum absolute atomic E-state index is 10.8. The Hall–Kier alpha value is -1.35. The van der Waals surface area contributed by atoms with Gasteiger partial charge < -0.3 is 10.8 Å². The molecule has 0 spiro atoms. The number of carbonyl (C=O) groups is 1. The third-order valence-electron chi connectivity index (χ3n) is 2.55. The van der Waals surface area contributed by atoms with Gasteiger partial charge in [0.1, 0.15) is 0 Å². The third kappa shape index (κ3) is 1.21. The van der Waals surface area contributed by atoms with Crippen molar-refractivity contribution in [2.24, 2.45) is 5.73 Å². The molecule has 0 saturated carbocycles. The van der Waals surface area contributed by atoms with Gasteiger partial charge in [0.25, 0.3) is 0 Å². The van der Waals surface area contributed by atoms with Crippen molar-refractivity contribution in [3.05, 3.63) is 34.9 Å². The van der Waals surface area contributed by atoms with E-state index in [9.17, 15) is 4.79 Å². The van der Waals surface area contributed by atoms with Gasteiger partial charge in [0.15, 0.2) is 0 Å². The van der Waals surface area contributed by atoms with Crippen LogP contribution in [0, 0.1) is 0 Å². The molecule has 0 amide bonds. The number of carboxylic acid groups (broad SMARTS) is 1. The first kappa shape index (κ1) is 8.26. The monoisotopic (exact) mass is 177 g/mol. The van der Waals surface area contributed by atoms with Crippen LogP contribution in [0.2, 0.25) is 0 Å². The molecule has 0 aliphatic heterocycles. The summed E-state index contributed by atoms with van der Waals surface area (Å²) in [5, 5.41) is 8.89. The number of carboxylic acids is 1. The zero-order chi connectivity index (χ0) is 9.42. The van der Waals surface area contributed by atoms with E-state index in [2.05, 4.69) is 0 Å². The van der Waals surface area contributed by atoms with Crippen LogP contribution in [0.1, 0.15) is 33.9 Å². The Balaban J connectivity index is 2.57. The van der Waals surface area contributed by atoms with Gasteiger partial charge in [-0.1, -0.05) is 12.1 Å². The first-order valence-electron chi connectivity index (χ1n) is 4.31. The lowest BCUT2D eigenvalue weighted by Crippen LogP contribution is -2.06. The molecule has 0 heterocycles. The van der Waals surface area contributed by atoms with Crippen LogP contribution in [0.5, 0.6) is 0 Å². The molecule has 3 N–H and O–H groups in total. The summed E-state index contributed by atoms with van der Waals surface area (Å²) in [6, 6.07) is 5.33. The predicted molar refractivity (Wildman–Crippen MR) is 48.7 cm³/mol. The van der Waals surface area contributed by atoms with Crippen LogP contribution in [0.15, 0.2) is 18.2 Å². The van der Waals surface area contributed by atoms with Crippen molar-refractivity contribution in [3.8, 4) is 0 Å². The van der Waals surface area contributed by atoms with Crippen molar-refractivity contribution in [2.45, 2.75) is 18.9 Å². The number of fused-ring (bicyclic) bond motifs is 1. The maximum Gasteiger partial charge on any atom is 0.335 e. The Morgan fingerprint density at radius 3 is 3.00 bits per heavy atom. The molecule has 1 aliphatic carbocycles. The van der Waals surface area contributed by atoms with Gasteiger partial charge in [-0.05, 0) is 30.0 Å². The van der Waals surface area contributed by atoms with Gasteiger partial charge in [0.05, 0.1) is 5.56 Å². The van der Waals surface area contributed by atoms with Crippen molar-refractivity contribution in [1.29, 1.82) is 0 Å². The Morgan fingerprint density at radius 2 is 2.31 bits per heavy atom. The van der Waals surface area contributed by atoms with E-state index in [-0.39, 0.29) is 6.04 Å². The lowest BCUT2D eigenvalue weighted by Gasteiger charge is -2.05. The fourth-order valence-corrected chi connectivity index (χ4v) is 1.89. The minimum atomic E-state index is -0.856. The third-order valence-corrected chi connectivity index (χ3v) is 2.55. The minimum absolute atomic E-state index is 0.0225. The first-order chi connectivity index (χ1) is 6.20. The van der Waals surface area contributed by atoms with Gasteiger partial charge in [0, 0.05) is 6.04 Å². The number of aromatic carboxylic acids is 1.